The summed E-state index contributed by atoms with van der Waals surface area (Å²) in [6.45, 7) is 2.03. The van der Waals surface area contributed by atoms with Crippen LogP contribution in [0.5, 0.6) is 0 Å². The van der Waals surface area contributed by atoms with Gasteiger partial charge in [-0.05, 0) is 53.4 Å². The molecule has 0 atom stereocenters. The predicted octanol–water partition coefficient (Wildman–Crippen LogP) is 3.80. The van der Waals surface area contributed by atoms with Crippen LogP contribution in [0.3, 0.4) is 0 Å². The minimum atomic E-state index is 0.874. The van der Waals surface area contributed by atoms with Crippen molar-refractivity contribution in [1.29, 1.82) is 0 Å². The Bertz CT molecular complexity index is 422. The molecular formula is C12H13BrN2. The van der Waals surface area contributed by atoms with E-state index in [2.05, 4.69) is 50.5 Å². The van der Waals surface area contributed by atoms with Gasteiger partial charge in [-0.1, -0.05) is 12.2 Å². The lowest BCUT2D eigenvalue weighted by atomic mass is 10.1. The van der Waals surface area contributed by atoms with Gasteiger partial charge in [-0.25, -0.2) is 4.98 Å². The molecule has 1 N–H and O–H groups in total. The first-order chi connectivity index (χ1) is 7.25. The second-order valence-electron chi connectivity index (χ2n) is 3.61. The van der Waals surface area contributed by atoms with E-state index in [1.54, 1.807) is 0 Å². The Kier molecular flexibility index (Phi) is 3.21. The fourth-order valence-corrected chi connectivity index (χ4v) is 2.03. The first kappa shape index (κ1) is 10.4. The van der Waals surface area contributed by atoms with Crippen molar-refractivity contribution in [2.75, 3.05) is 5.32 Å². The molecule has 0 unspecified atom stereocenters. The van der Waals surface area contributed by atoms with Crippen LogP contribution in [-0.4, -0.2) is 4.98 Å². The highest BCUT2D eigenvalue weighted by Crippen LogP contribution is 2.23. The van der Waals surface area contributed by atoms with Gasteiger partial charge in [0.15, 0.2) is 0 Å². The van der Waals surface area contributed by atoms with Gasteiger partial charge in [0.2, 0.25) is 0 Å². The molecule has 2 nitrogen and oxygen atoms in total. The first-order valence-corrected chi connectivity index (χ1v) is 5.81. The van der Waals surface area contributed by atoms with Crippen LogP contribution < -0.4 is 5.32 Å². The third kappa shape index (κ3) is 2.69. The van der Waals surface area contributed by atoms with E-state index < -0.39 is 0 Å². The average Bonchev–Trinajstić information content (AvgIpc) is 2.24. The number of nitrogens with one attached hydrogen (secondary N) is 1. The maximum atomic E-state index is 4.34. The Morgan fingerprint density at radius 3 is 2.93 bits per heavy atom. The average molecular weight is 265 g/mol. The highest BCUT2D eigenvalue weighted by atomic mass is 79.9. The molecule has 0 fully saturated rings. The van der Waals surface area contributed by atoms with Crippen LogP contribution in [0, 0.1) is 6.92 Å². The number of halogens is 1. The first-order valence-electron chi connectivity index (χ1n) is 5.01. The van der Waals surface area contributed by atoms with E-state index in [1.165, 1.54) is 0 Å². The third-order valence-corrected chi connectivity index (χ3v) is 2.84. The van der Waals surface area contributed by atoms with Crippen molar-refractivity contribution in [3.63, 3.8) is 0 Å². The van der Waals surface area contributed by atoms with Gasteiger partial charge in [-0.3, -0.25) is 0 Å². The van der Waals surface area contributed by atoms with Gasteiger partial charge in [0, 0.05) is 11.9 Å². The number of anilines is 1. The second-order valence-corrected chi connectivity index (χ2v) is 4.46. The van der Waals surface area contributed by atoms with Gasteiger partial charge >= 0.3 is 0 Å². The zero-order chi connectivity index (χ0) is 10.7. The summed E-state index contributed by atoms with van der Waals surface area (Å²) in [5.74, 6) is 0.874. The van der Waals surface area contributed by atoms with E-state index in [0.717, 1.165) is 34.4 Å². The summed E-state index contributed by atoms with van der Waals surface area (Å²) >= 11 is 3.50. The molecule has 1 heterocycles. The Balaban J connectivity index is 2.17. The van der Waals surface area contributed by atoms with Crippen molar-refractivity contribution in [2.45, 2.75) is 19.8 Å². The van der Waals surface area contributed by atoms with E-state index >= 15 is 0 Å². The molecule has 0 spiro atoms. The SMILES string of the molecule is Cc1cnc(NC2=CCCC=C2)c(Br)c1. The lowest BCUT2D eigenvalue weighted by molar-refractivity contribution is 1.02. The van der Waals surface area contributed by atoms with E-state index in [1.807, 2.05) is 13.1 Å². The monoisotopic (exact) mass is 264 g/mol. The van der Waals surface area contributed by atoms with Gasteiger partial charge in [0.25, 0.3) is 0 Å². The predicted molar refractivity (Wildman–Crippen MR) is 66.8 cm³/mol. The van der Waals surface area contributed by atoms with Gasteiger partial charge < -0.3 is 5.32 Å². The number of aryl methyl sites for hydroxylation is 1. The van der Waals surface area contributed by atoms with Gasteiger partial charge in [-0.15, -0.1) is 0 Å². The molecule has 0 radical (unpaired) electrons. The Hall–Kier alpha value is -1.09. The van der Waals surface area contributed by atoms with E-state index in [4.69, 9.17) is 0 Å². The van der Waals surface area contributed by atoms with Crippen molar-refractivity contribution in [2.24, 2.45) is 0 Å². The normalized spacial score (nSPS) is 14.9. The van der Waals surface area contributed by atoms with Crippen LogP contribution in [0.4, 0.5) is 5.82 Å². The maximum Gasteiger partial charge on any atom is 0.144 e. The minimum Gasteiger partial charge on any atom is -0.340 e. The van der Waals surface area contributed by atoms with Crippen molar-refractivity contribution in [3.8, 4) is 0 Å². The lowest BCUT2D eigenvalue weighted by Gasteiger charge is -2.11. The molecule has 78 valence electrons. The molecule has 2 rings (SSSR count). The molecule has 15 heavy (non-hydrogen) atoms. The molecule has 1 aliphatic rings. The molecule has 3 heteroatoms. The van der Waals surface area contributed by atoms with Crippen LogP contribution in [0.25, 0.3) is 0 Å². The van der Waals surface area contributed by atoms with Gasteiger partial charge in [0.05, 0.1) is 4.47 Å². The van der Waals surface area contributed by atoms with E-state index in [9.17, 15) is 0 Å². The number of nitrogens with zero attached hydrogens (tertiary/aromatic N) is 1. The molecule has 0 amide bonds. The molecule has 0 bridgehead atoms. The molecule has 1 aromatic rings. The van der Waals surface area contributed by atoms with Gasteiger partial charge in [0.1, 0.15) is 5.82 Å². The summed E-state index contributed by atoms with van der Waals surface area (Å²) in [7, 11) is 0. The van der Waals surface area contributed by atoms with Crippen LogP contribution >= 0.6 is 15.9 Å². The number of hydrogen-bond donors (Lipinski definition) is 1. The lowest BCUT2D eigenvalue weighted by Crippen LogP contribution is -2.02. The summed E-state index contributed by atoms with van der Waals surface area (Å²) in [6.07, 6.45) is 10.5. The highest BCUT2D eigenvalue weighted by Gasteiger charge is 2.03. The summed E-state index contributed by atoms with van der Waals surface area (Å²) in [5.41, 5.74) is 2.28. The van der Waals surface area contributed by atoms with Crippen molar-refractivity contribution >= 4 is 21.7 Å². The van der Waals surface area contributed by atoms with Crippen LogP contribution in [0.15, 0.2) is 40.7 Å². The summed E-state index contributed by atoms with van der Waals surface area (Å²) < 4.78 is 1.00. The Morgan fingerprint density at radius 1 is 1.40 bits per heavy atom. The number of hydrogen-bond acceptors (Lipinski definition) is 2. The molecule has 1 aromatic heterocycles. The number of rotatable bonds is 2. The van der Waals surface area contributed by atoms with Crippen molar-refractivity contribution in [3.05, 3.63) is 46.2 Å². The molecule has 0 saturated carbocycles. The second kappa shape index (κ2) is 4.62. The largest absolute Gasteiger partial charge is 0.340 e. The van der Waals surface area contributed by atoms with Crippen LogP contribution in [0.2, 0.25) is 0 Å². The van der Waals surface area contributed by atoms with E-state index in [0.29, 0.717) is 0 Å². The summed E-state index contributed by atoms with van der Waals surface area (Å²) in [4.78, 5) is 4.34. The summed E-state index contributed by atoms with van der Waals surface area (Å²) in [6, 6.07) is 2.06. The molecular weight excluding hydrogens is 252 g/mol. The van der Waals surface area contributed by atoms with Crippen LogP contribution in [-0.2, 0) is 0 Å². The number of aromatic nitrogens is 1. The minimum absolute atomic E-state index is 0.874. The Labute approximate surface area is 98.2 Å². The summed E-state index contributed by atoms with van der Waals surface area (Å²) in [5, 5.41) is 3.29. The molecule has 1 aliphatic carbocycles. The van der Waals surface area contributed by atoms with Crippen molar-refractivity contribution < 1.29 is 0 Å². The zero-order valence-electron chi connectivity index (χ0n) is 8.63. The fraction of sp³-hybridized carbons (Fsp3) is 0.250. The smallest absolute Gasteiger partial charge is 0.144 e. The van der Waals surface area contributed by atoms with E-state index in [-0.39, 0.29) is 0 Å². The Morgan fingerprint density at radius 2 is 2.27 bits per heavy atom. The zero-order valence-corrected chi connectivity index (χ0v) is 10.2. The molecule has 0 saturated heterocycles. The van der Waals surface area contributed by atoms with Crippen LogP contribution in [0.1, 0.15) is 18.4 Å². The van der Waals surface area contributed by atoms with Crippen molar-refractivity contribution in [1.82, 2.24) is 4.98 Å². The third-order valence-electron chi connectivity index (χ3n) is 2.24. The quantitative estimate of drug-likeness (QED) is 0.879. The molecule has 0 aromatic carbocycles. The number of pyridine rings is 1. The standard InChI is InChI=1S/C12H13BrN2/c1-9-7-11(13)12(14-8-9)15-10-5-3-2-4-6-10/h3,5-8H,2,4H2,1H3,(H,14,15). The molecule has 0 aliphatic heterocycles. The highest BCUT2D eigenvalue weighted by molar-refractivity contribution is 9.10. The maximum absolute atomic E-state index is 4.34. The number of allylic oxidation sites excluding steroid dienone is 3. The van der Waals surface area contributed by atoms with Gasteiger partial charge in [-0.2, -0.15) is 0 Å². The topological polar surface area (TPSA) is 24.9 Å². The fourth-order valence-electron chi connectivity index (χ4n) is 1.47.